The molecule has 0 aromatic rings. The molecule has 0 saturated heterocycles. The summed E-state index contributed by atoms with van der Waals surface area (Å²) in [4.78, 5) is 11.2. The predicted molar refractivity (Wildman–Crippen MR) is 53.4 cm³/mol. The summed E-state index contributed by atoms with van der Waals surface area (Å²) in [6.45, 7) is 4.02. The Morgan fingerprint density at radius 2 is 1.85 bits per heavy atom. The van der Waals surface area contributed by atoms with Gasteiger partial charge in [0.2, 0.25) is 0 Å². The van der Waals surface area contributed by atoms with Gasteiger partial charge in [0.15, 0.2) is 0 Å². The third-order valence-corrected chi connectivity index (χ3v) is 2.48. The van der Waals surface area contributed by atoms with Crippen LogP contribution in [-0.4, -0.2) is 18.6 Å². The first-order valence-corrected chi connectivity index (χ1v) is 5.16. The maximum absolute atomic E-state index is 11.2. The second kappa shape index (κ2) is 5.84. The van der Waals surface area contributed by atoms with Gasteiger partial charge in [-0.1, -0.05) is 25.7 Å². The van der Waals surface area contributed by atoms with E-state index in [1.54, 1.807) is 0 Å². The third-order valence-electron chi connectivity index (χ3n) is 2.48. The van der Waals surface area contributed by atoms with Crippen LogP contribution >= 0.6 is 0 Å². The summed E-state index contributed by atoms with van der Waals surface area (Å²) in [6.07, 6.45) is 7.38. The van der Waals surface area contributed by atoms with Crippen LogP contribution in [0.4, 0.5) is 4.79 Å². The highest BCUT2D eigenvalue weighted by atomic mass is 16.2. The number of carbonyl (C=O) groups is 1. The van der Waals surface area contributed by atoms with Crippen molar-refractivity contribution in [3.63, 3.8) is 0 Å². The van der Waals surface area contributed by atoms with Crippen molar-refractivity contribution >= 4 is 6.03 Å². The molecule has 1 rings (SSSR count). The van der Waals surface area contributed by atoms with Crippen molar-refractivity contribution in [2.75, 3.05) is 6.54 Å². The molecule has 0 unspecified atom stereocenters. The molecule has 0 aromatic carbocycles. The zero-order valence-corrected chi connectivity index (χ0v) is 8.14. The van der Waals surface area contributed by atoms with Gasteiger partial charge in [-0.25, -0.2) is 4.79 Å². The molecule has 0 atom stereocenters. The quantitative estimate of drug-likeness (QED) is 0.630. The standard InChI is InChI=1S/C10H19N2O/c1-2-11-10(13)12-9-7-5-3-4-6-8-9/h9H,1-8H2,(H2,11,12,13). The first-order valence-electron chi connectivity index (χ1n) is 5.16. The molecule has 13 heavy (non-hydrogen) atoms. The maximum Gasteiger partial charge on any atom is 0.315 e. The Balaban J connectivity index is 2.21. The van der Waals surface area contributed by atoms with E-state index in [9.17, 15) is 4.79 Å². The van der Waals surface area contributed by atoms with Crippen LogP contribution in [0.3, 0.4) is 0 Å². The van der Waals surface area contributed by atoms with Crippen molar-refractivity contribution in [1.29, 1.82) is 0 Å². The molecular formula is C10H19N2O. The zero-order valence-electron chi connectivity index (χ0n) is 8.14. The van der Waals surface area contributed by atoms with E-state index in [4.69, 9.17) is 0 Å². The second-order valence-electron chi connectivity index (χ2n) is 3.59. The Labute approximate surface area is 80.3 Å². The number of hydrogen-bond donors (Lipinski definition) is 2. The molecule has 1 saturated carbocycles. The Hall–Kier alpha value is -0.730. The highest BCUT2D eigenvalue weighted by Gasteiger charge is 2.13. The van der Waals surface area contributed by atoms with Gasteiger partial charge in [-0.2, -0.15) is 0 Å². The first kappa shape index (κ1) is 10.4. The Morgan fingerprint density at radius 3 is 2.38 bits per heavy atom. The number of urea groups is 1. The van der Waals surface area contributed by atoms with Crippen LogP contribution in [0.2, 0.25) is 0 Å². The molecule has 1 fully saturated rings. The fourth-order valence-corrected chi connectivity index (χ4v) is 1.77. The van der Waals surface area contributed by atoms with Gasteiger partial charge in [0.05, 0.1) is 0 Å². The van der Waals surface area contributed by atoms with Crippen LogP contribution in [0.25, 0.3) is 0 Å². The van der Waals surface area contributed by atoms with E-state index in [2.05, 4.69) is 17.6 Å². The number of amides is 2. The van der Waals surface area contributed by atoms with Crippen LogP contribution in [0.1, 0.15) is 38.5 Å². The van der Waals surface area contributed by atoms with Crippen molar-refractivity contribution in [2.45, 2.75) is 44.6 Å². The molecule has 0 bridgehead atoms. The normalized spacial score (nSPS) is 19.2. The minimum Gasteiger partial charge on any atom is -0.338 e. The highest BCUT2D eigenvalue weighted by molar-refractivity contribution is 5.74. The van der Waals surface area contributed by atoms with Crippen LogP contribution in [0.5, 0.6) is 0 Å². The van der Waals surface area contributed by atoms with Gasteiger partial charge in [-0.15, -0.1) is 0 Å². The van der Waals surface area contributed by atoms with Crippen LogP contribution < -0.4 is 10.6 Å². The summed E-state index contributed by atoms with van der Waals surface area (Å²) in [5.74, 6) is 0. The topological polar surface area (TPSA) is 41.1 Å². The zero-order chi connectivity index (χ0) is 9.52. The van der Waals surface area contributed by atoms with Gasteiger partial charge in [0.1, 0.15) is 0 Å². The molecule has 3 nitrogen and oxygen atoms in total. The van der Waals surface area contributed by atoms with Gasteiger partial charge in [-0.05, 0) is 19.8 Å². The maximum atomic E-state index is 11.2. The Morgan fingerprint density at radius 1 is 1.23 bits per heavy atom. The lowest BCUT2D eigenvalue weighted by molar-refractivity contribution is 0.236. The van der Waals surface area contributed by atoms with Gasteiger partial charge in [0, 0.05) is 12.6 Å². The largest absolute Gasteiger partial charge is 0.338 e. The van der Waals surface area contributed by atoms with Crippen molar-refractivity contribution in [1.82, 2.24) is 10.6 Å². The molecule has 3 heteroatoms. The van der Waals surface area contributed by atoms with E-state index >= 15 is 0 Å². The lowest BCUT2D eigenvalue weighted by atomic mass is 10.1. The first-order chi connectivity index (χ1) is 6.33. The molecule has 1 aliphatic rings. The Bertz CT molecular complexity index is 151. The molecule has 2 amide bonds. The summed E-state index contributed by atoms with van der Waals surface area (Å²) in [6, 6.07) is 0.316. The average Bonchev–Trinajstić information content (AvgIpc) is 2.33. The average molecular weight is 183 g/mol. The minimum absolute atomic E-state index is 0.0677. The fourth-order valence-electron chi connectivity index (χ4n) is 1.77. The SMILES string of the molecule is [CH2]CNC(=O)NC1CCCCCC1. The highest BCUT2D eigenvalue weighted by Crippen LogP contribution is 2.16. The number of carbonyl (C=O) groups excluding carboxylic acids is 1. The summed E-state index contributed by atoms with van der Waals surface area (Å²) >= 11 is 0. The summed E-state index contributed by atoms with van der Waals surface area (Å²) in [7, 11) is 0. The monoisotopic (exact) mass is 183 g/mol. The predicted octanol–water partition coefficient (Wildman–Crippen LogP) is 1.84. The van der Waals surface area contributed by atoms with E-state index in [0.29, 0.717) is 12.6 Å². The smallest absolute Gasteiger partial charge is 0.315 e. The van der Waals surface area contributed by atoms with Gasteiger partial charge >= 0.3 is 6.03 Å². The van der Waals surface area contributed by atoms with E-state index in [1.807, 2.05) is 0 Å². The molecule has 0 heterocycles. The Kier molecular flexibility index (Phi) is 4.65. The van der Waals surface area contributed by atoms with Crippen LogP contribution in [-0.2, 0) is 0 Å². The molecule has 0 spiro atoms. The summed E-state index contributed by atoms with van der Waals surface area (Å²) in [5.41, 5.74) is 0. The van der Waals surface area contributed by atoms with Crippen molar-refractivity contribution < 1.29 is 4.79 Å². The summed E-state index contributed by atoms with van der Waals surface area (Å²) in [5, 5.41) is 5.62. The molecule has 2 N–H and O–H groups in total. The van der Waals surface area contributed by atoms with E-state index < -0.39 is 0 Å². The lowest BCUT2D eigenvalue weighted by Crippen LogP contribution is -2.41. The molecule has 1 aliphatic carbocycles. The van der Waals surface area contributed by atoms with Gasteiger partial charge in [-0.3, -0.25) is 0 Å². The second-order valence-corrected chi connectivity index (χ2v) is 3.59. The van der Waals surface area contributed by atoms with Crippen molar-refractivity contribution in [3.8, 4) is 0 Å². The fraction of sp³-hybridized carbons (Fsp3) is 0.800. The molecular weight excluding hydrogens is 164 g/mol. The molecule has 0 aliphatic heterocycles. The number of nitrogens with one attached hydrogen (secondary N) is 2. The van der Waals surface area contributed by atoms with Crippen LogP contribution in [0.15, 0.2) is 0 Å². The van der Waals surface area contributed by atoms with Gasteiger partial charge in [0.25, 0.3) is 0 Å². The van der Waals surface area contributed by atoms with E-state index in [1.165, 1.54) is 25.7 Å². The number of hydrogen-bond acceptors (Lipinski definition) is 1. The minimum atomic E-state index is -0.0677. The number of rotatable bonds is 2. The lowest BCUT2D eigenvalue weighted by Gasteiger charge is -2.15. The third kappa shape index (κ3) is 4.15. The van der Waals surface area contributed by atoms with E-state index in [-0.39, 0.29) is 6.03 Å². The molecule has 0 aromatic heterocycles. The van der Waals surface area contributed by atoms with Crippen molar-refractivity contribution in [3.05, 3.63) is 6.92 Å². The summed E-state index contributed by atoms with van der Waals surface area (Å²) < 4.78 is 0. The van der Waals surface area contributed by atoms with Crippen LogP contribution in [0, 0.1) is 6.92 Å². The molecule has 75 valence electrons. The molecule has 1 radical (unpaired) electrons. The van der Waals surface area contributed by atoms with E-state index in [0.717, 1.165) is 12.8 Å². The van der Waals surface area contributed by atoms with Crippen molar-refractivity contribution in [2.24, 2.45) is 0 Å². The van der Waals surface area contributed by atoms with Gasteiger partial charge < -0.3 is 10.6 Å².